The van der Waals surface area contributed by atoms with Crippen molar-refractivity contribution in [3.8, 4) is 0 Å². The first-order valence-corrected chi connectivity index (χ1v) is 10.4. The molecule has 0 aliphatic carbocycles. The highest BCUT2D eigenvalue weighted by atomic mass is 16.6. The first-order chi connectivity index (χ1) is 13.2. The largest absolute Gasteiger partial charge is 0.444 e. The Balaban J connectivity index is 0. The van der Waals surface area contributed by atoms with Gasteiger partial charge in [0.05, 0.1) is 6.04 Å². The van der Waals surface area contributed by atoms with E-state index >= 15 is 0 Å². The zero-order valence-corrected chi connectivity index (χ0v) is 19.4. The highest BCUT2D eigenvalue weighted by molar-refractivity contribution is 5.74. The van der Waals surface area contributed by atoms with Gasteiger partial charge in [0.2, 0.25) is 5.91 Å². The van der Waals surface area contributed by atoms with Crippen LogP contribution < -0.4 is 0 Å². The molecule has 2 amide bonds. The third kappa shape index (κ3) is 11.0. The Bertz CT molecular complexity index is 518. The smallest absolute Gasteiger partial charge is 0.410 e. The number of rotatable bonds is 6. The molecule has 1 heterocycles. The number of amides is 2. The van der Waals surface area contributed by atoms with Gasteiger partial charge in [-0.15, -0.1) is 0 Å². The molecule has 5 nitrogen and oxygen atoms in total. The third-order valence-electron chi connectivity index (χ3n) is 3.85. The van der Waals surface area contributed by atoms with Crippen molar-refractivity contribution in [1.29, 1.82) is 0 Å². The minimum absolute atomic E-state index is 0.0152. The van der Waals surface area contributed by atoms with E-state index in [-0.39, 0.29) is 18.0 Å². The van der Waals surface area contributed by atoms with Gasteiger partial charge in [-0.1, -0.05) is 59.1 Å². The Labute approximate surface area is 173 Å². The summed E-state index contributed by atoms with van der Waals surface area (Å²) in [4.78, 5) is 27.8. The van der Waals surface area contributed by atoms with E-state index < -0.39 is 5.60 Å². The first kappa shape index (κ1) is 28.2. The molecule has 28 heavy (non-hydrogen) atoms. The van der Waals surface area contributed by atoms with Crippen molar-refractivity contribution in [2.24, 2.45) is 0 Å². The summed E-state index contributed by atoms with van der Waals surface area (Å²) in [6.07, 6.45) is 6.72. The zero-order chi connectivity index (χ0) is 22.3. The van der Waals surface area contributed by atoms with Crippen LogP contribution in [0.1, 0.15) is 68.2 Å². The number of ether oxygens (including phenoxy) is 1. The molecular weight excluding hydrogens is 352 g/mol. The fourth-order valence-corrected chi connectivity index (χ4v) is 2.70. The molecule has 0 radical (unpaired) electrons. The van der Waals surface area contributed by atoms with E-state index in [1.807, 2.05) is 54.5 Å². The summed E-state index contributed by atoms with van der Waals surface area (Å²) in [5, 5.41) is 0. The number of hydrogen-bond donors (Lipinski definition) is 0. The van der Waals surface area contributed by atoms with Crippen molar-refractivity contribution < 1.29 is 14.3 Å². The van der Waals surface area contributed by atoms with Gasteiger partial charge >= 0.3 is 6.09 Å². The Morgan fingerprint density at radius 3 is 2.18 bits per heavy atom. The maximum atomic E-state index is 12.4. The van der Waals surface area contributed by atoms with Crippen LogP contribution in [0.5, 0.6) is 0 Å². The predicted octanol–water partition coefficient (Wildman–Crippen LogP) is 5.59. The summed E-state index contributed by atoms with van der Waals surface area (Å²) >= 11 is 0. The Kier molecular flexibility index (Phi) is 15.0. The maximum Gasteiger partial charge on any atom is 0.410 e. The van der Waals surface area contributed by atoms with E-state index in [1.54, 1.807) is 28.9 Å². The van der Waals surface area contributed by atoms with Gasteiger partial charge in [-0.3, -0.25) is 4.79 Å². The van der Waals surface area contributed by atoms with Crippen LogP contribution in [0.2, 0.25) is 0 Å². The molecule has 0 aromatic heterocycles. The van der Waals surface area contributed by atoms with Crippen LogP contribution in [0.4, 0.5) is 4.79 Å². The SMILES string of the molecule is C=C/C=C(\C=C)CN(C[C@@H]1CCCN1C(=O)OC(C)(C)C)C(C)=O.CC.CC. The second-order valence-corrected chi connectivity index (χ2v) is 7.05. The summed E-state index contributed by atoms with van der Waals surface area (Å²) in [7, 11) is 0. The molecule has 1 atom stereocenters. The van der Waals surface area contributed by atoms with Gasteiger partial charge in [0, 0.05) is 26.6 Å². The normalized spacial score (nSPS) is 16.1. The number of carbonyl (C=O) groups is 2. The summed E-state index contributed by atoms with van der Waals surface area (Å²) in [6, 6.07) is -0.0152. The zero-order valence-electron chi connectivity index (χ0n) is 19.4. The third-order valence-corrected chi connectivity index (χ3v) is 3.85. The van der Waals surface area contributed by atoms with Gasteiger partial charge < -0.3 is 14.5 Å². The van der Waals surface area contributed by atoms with Crippen molar-refractivity contribution in [3.63, 3.8) is 0 Å². The molecule has 1 aliphatic rings. The molecule has 0 aromatic rings. The summed E-state index contributed by atoms with van der Waals surface area (Å²) in [5.41, 5.74) is 0.398. The maximum absolute atomic E-state index is 12.4. The van der Waals surface area contributed by atoms with E-state index in [0.717, 1.165) is 18.4 Å². The van der Waals surface area contributed by atoms with Crippen LogP contribution in [0.25, 0.3) is 0 Å². The fourth-order valence-electron chi connectivity index (χ4n) is 2.70. The molecule has 0 bridgehead atoms. The van der Waals surface area contributed by atoms with Crippen LogP contribution in [0.15, 0.2) is 37.0 Å². The van der Waals surface area contributed by atoms with Gasteiger partial charge in [-0.2, -0.15) is 0 Å². The van der Waals surface area contributed by atoms with Crippen molar-refractivity contribution in [2.75, 3.05) is 19.6 Å². The Morgan fingerprint density at radius 2 is 1.75 bits per heavy atom. The van der Waals surface area contributed by atoms with Crippen molar-refractivity contribution in [2.45, 2.75) is 79.9 Å². The Hall–Kier alpha value is -2.04. The summed E-state index contributed by atoms with van der Waals surface area (Å²) in [6.45, 7) is 24.2. The fraction of sp³-hybridized carbons (Fsp3) is 0.652. The monoisotopic (exact) mass is 394 g/mol. The second-order valence-electron chi connectivity index (χ2n) is 7.05. The second kappa shape index (κ2) is 14.9. The minimum Gasteiger partial charge on any atom is -0.444 e. The van der Waals surface area contributed by atoms with Gasteiger partial charge in [0.15, 0.2) is 0 Å². The number of nitrogens with zero attached hydrogens (tertiary/aromatic N) is 2. The number of allylic oxidation sites excluding steroid dienone is 2. The molecule has 1 saturated heterocycles. The van der Waals surface area contributed by atoms with Gasteiger partial charge in [-0.25, -0.2) is 4.79 Å². The van der Waals surface area contributed by atoms with Crippen LogP contribution >= 0.6 is 0 Å². The molecule has 0 N–H and O–H groups in total. The van der Waals surface area contributed by atoms with Crippen LogP contribution in [-0.4, -0.2) is 53.1 Å². The van der Waals surface area contributed by atoms with E-state index in [9.17, 15) is 9.59 Å². The van der Waals surface area contributed by atoms with Gasteiger partial charge in [-0.05, 0) is 39.2 Å². The van der Waals surface area contributed by atoms with E-state index in [0.29, 0.717) is 19.6 Å². The number of likely N-dealkylation sites (tertiary alicyclic amines) is 1. The van der Waals surface area contributed by atoms with Crippen LogP contribution in [0.3, 0.4) is 0 Å². The van der Waals surface area contributed by atoms with Crippen LogP contribution in [0, 0.1) is 0 Å². The molecule has 5 heteroatoms. The summed E-state index contributed by atoms with van der Waals surface area (Å²) < 4.78 is 5.48. The molecule has 0 spiro atoms. The lowest BCUT2D eigenvalue weighted by Crippen LogP contribution is -2.46. The molecule has 0 saturated carbocycles. The minimum atomic E-state index is -0.521. The average Bonchev–Trinajstić information content (AvgIpc) is 3.10. The van der Waals surface area contributed by atoms with Crippen molar-refractivity contribution in [1.82, 2.24) is 9.80 Å². The molecule has 1 fully saturated rings. The lowest BCUT2D eigenvalue weighted by molar-refractivity contribution is -0.129. The number of carbonyl (C=O) groups excluding carboxylic acids is 2. The lowest BCUT2D eigenvalue weighted by atomic mass is 10.1. The van der Waals surface area contributed by atoms with Crippen LogP contribution in [-0.2, 0) is 9.53 Å². The molecule has 162 valence electrons. The van der Waals surface area contributed by atoms with Gasteiger partial charge in [0.25, 0.3) is 0 Å². The standard InChI is InChI=1S/C19H30N2O3.2C2H6/c1-7-10-16(8-2)13-20(15(3)22)14-17-11-9-12-21(17)18(23)24-19(4,5)6;2*1-2/h7-8,10,17H,1-2,9,11-14H2,3-6H3;2*1-2H3/b16-10+;;/t17-;;/m0../s1. The van der Waals surface area contributed by atoms with E-state index in [1.165, 1.54) is 0 Å². The van der Waals surface area contributed by atoms with Crippen molar-refractivity contribution >= 4 is 12.0 Å². The first-order valence-electron chi connectivity index (χ1n) is 10.4. The Morgan fingerprint density at radius 1 is 1.18 bits per heavy atom. The number of hydrogen-bond acceptors (Lipinski definition) is 3. The van der Waals surface area contributed by atoms with Gasteiger partial charge in [0.1, 0.15) is 5.60 Å². The summed E-state index contributed by atoms with van der Waals surface area (Å²) in [5.74, 6) is -0.0251. The van der Waals surface area contributed by atoms with E-state index in [4.69, 9.17) is 4.74 Å². The topological polar surface area (TPSA) is 49.9 Å². The predicted molar refractivity (Wildman–Crippen MR) is 119 cm³/mol. The molecular formula is C23H42N2O3. The molecule has 1 rings (SSSR count). The van der Waals surface area contributed by atoms with E-state index in [2.05, 4.69) is 13.2 Å². The molecule has 0 unspecified atom stereocenters. The molecule has 1 aliphatic heterocycles. The lowest BCUT2D eigenvalue weighted by Gasteiger charge is -2.32. The highest BCUT2D eigenvalue weighted by Gasteiger charge is 2.33. The quantitative estimate of drug-likeness (QED) is 0.552. The average molecular weight is 395 g/mol. The highest BCUT2D eigenvalue weighted by Crippen LogP contribution is 2.22. The molecule has 0 aromatic carbocycles. The van der Waals surface area contributed by atoms with Crippen molar-refractivity contribution in [3.05, 3.63) is 37.0 Å².